The fourth-order valence-corrected chi connectivity index (χ4v) is 2.42. The van der Waals surface area contributed by atoms with Gasteiger partial charge in [-0.15, -0.1) is 0 Å². The van der Waals surface area contributed by atoms with E-state index in [4.69, 9.17) is 4.74 Å². The number of benzene rings is 2. The SMILES string of the molecule is CC(=O)c1ccccc1Br.COC(Br)C(=O)c1ccccc1. The van der Waals surface area contributed by atoms with Crippen LogP contribution in [-0.4, -0.2) is 23.7 Å². The van der Waals surface area contributed by atoms with Gasteiger partial charge in [-0.05, 0) is 28.9 Å². The van der Waals surface area contributed by atoms with Crippen LogP contribution in [0.5, 0.6) is 0 Å². The normalized spacial score (nSPS) is 11.1. The topological polar surface area (TPSA) is 43.4 Å². The number of carbonyl (C=O) groups excluding carboxylic acids is 2. The van der Waals surface area contributed by atoms with E-state index in [0.717, 1.165) is 10.0 Å². The quantitative estimate of drug-likeness (QED) is 0.515. The number of carbonyl (C=O) groups is 2. The van der Waals surface area contributed by atoms with E-state index in [-0.39, 0.29) is 11.6 Å². The van der Waals surface area contributed by atoms with E-state index in [9.17, 15) is 9.59 Å². The Morgan fingerprint density at radius 3 is 2.00 bits per heavy atom. The van der Waals surface area contributed by atoms with Gasteiger partial charge >= 0.3 is 0 Å². The zero-order valence-corrected chi connectivity index (χ0v) is 15.4. The third-order valence-corrected chi connectivity index (χ3v) is 4.21. The predicted octanol–water partition coefficient (Wildman–Crippen LogP) is 4.89. The van der Waals surface area contributed by atoms with Gasteiger partial charge in [0.25, 0.3) is 0 Å². The molecule has 22 heavy (non-hydrogen) atoms. The Morgan fingerprint density at radius 2 is 1.55 bits per heavy atom. The summed E-state index contributed by atoms with van der Waals surface area (Å²) in [5, 5.41) is -0.542. The number of hydrogen-bond donors (Lipinski definition) is 0. The van der Waals surface area contributed by atoms with E-state index in [1.54, 1.807) is 25.1 Å². The Balaban J connectivity index is 0.000000224. The highest BCUT2D eigenvalue weighted by Crippen LogP contribution is 2.15. The van der Waals surface area contributed by atoms with Crippen molar-refractivity contribution in [2.45, 2.75) is 11.9 Å². The van der Waals surface area contributed by atoms with E-state index in [1.807, 2.05) is 36.4 Å². The summed E-state index contributed by atoms with van der Waals surface area (Å²) >= 11 is 6.38. The Morgan fingerprint density at radius 1 is 1.00 bits per heavy atom. The number of ether oxygens (including phenoxy) is 1. The third-order valence-electron chi connectivity index (χ3n) is 2.72. The number of methoxy groups -OCH3 is 1. The largest absolute Gasteiger partial charge is 0.362 e. The molecule has 0 saturated carbocycles. The lowest BCUT2D eigenvalue weighted by atomic mass is 10.1. The van der Waals surface area contributed by atoms with Crippen molar-refractivity contribution in [1.82, 2.24) is 0 Å². The summed E-state index contributed by atoms with van der Waals surface area (Å²) in [6.45, 7) is 1.56. The molecule has 0 fully saturated rings. The summed E-state index contributed by atoms with van der Waals surface area (Å²) in [6, 6.07) is 16.4. The number of alkyl halides is 1. The molecule has 2 aromatic rings. The van der Waals surface area contributed by atoms with Crippen LogP contribution in [0.4, 0.5) is 0 Å². The Kier molecular flexibility index (Phi) is 8.24. The number of ketones is 2. The van der Waals surface area contributed by atoms with Crippen LogP contribution in [0, 0.1) is 0 Å². The van der Waals surface area contributed by atoms with Crippen molar-refractivity contribution in [3.63, 3.8) is 0 Å². The van der Waals surface area contributed by atoms with Gasteiger partial charge in [0.1, 0.15) is 0 Å². The molecule has 0 heterocycles. The zero-order valence-electron chi connectivity index (χ0n) is 12.3. The lowest BCUT2D eigenvalue weighted by Gasteiger charge is -2.05. The second-order valence-corrected chi connectivity index (χ2v) is 6.00. The molecule has 0 N–H and O–H groups in total. The molecule has 116 valence electrons. The fraction of sp³-hybridized carbons (Fsp3) is 0.176. The Hall–Kier alpha value is -1.30. The van der Waals surface area contributed by atoms with E-state index in [0.29, 0.717) is 5.56 Å². The van der Waals surface area contributed by atoms with Gasteiger partial charge in [0, 0.05) is 22.7 Å². The second kappa shape index (κ2) is 9.66. The van der Waals surface area contributed by atoms with Crippen molar-refractivity contribution in [1.29, 1.82) is 0 Å². The molecule has 2 aromatic carbocycles. The molecular formula is C17H16Br2O3. The van der Waals surface area contributed by atoms with Crippen LogP contribution in [0.2, 0.25) is 0 Å². The maximum Gasteiger partial charge on any atom is 0.202 e. The van der Waals surface area contributed by atoms with Crippen molar-refractivity contribution in [3.8, 4) is 0 Å². The fourth-order valence-electron chi connectivity index (χ4n) is 1.59. The molecule has 0 saturated heterocycles. The molecule has 0 amide bonds. The standard InChI is InChI=1S/C9H9BrO2.C8H7BrO/c1-12-9(10)8(11)7-5-3-2-4-6-7;1-6(10)7-4-2-3-5-8(7)9/h2-6,9H,1H3;2-5H,1H3. The van der Waals surface area contributed by atoms with Crippen molar-refractivity contribution in [2.75, 3.05) is 7.11 Å². The van der Waals surface area contributed by atoms with Crippen molar-refractivity contribution in [3.05, 3.63) is 70.2 Å². The Bertz CT molecular complexity index is 627. The highest BCUT2D eigenvalue weighted by atomic mass is 79.9. The first-order valence-corrected chi connectivity index (χ1v) is 8.19. The van der Waals surface area contributed by atoms with Gasteiger partial charge in [-0.25, -0.2) is 0 Å². The van der Waals surface area contributed by atoms with Crippen LogP contribution >= 0.6 is 31.9 Å². The van der Waals surface area contributed by atoms with Crippen LogP contribution < -0.4 is 0 Å². The van der Waals surface area contributed by atoms with E-state index < -0.39 is 5.01 Å². The average molecular weight is 428 g/mol. The molecule has 1 unspecified atom stereocenters. The minimum Gasteiger partial charge on any atom is -0.362 e. The van der Waals surface area contributed by atoms with Crippen molar-refractivity contribution >= 4 is 43.4 Å². The molecular weight excluding hydrogens is 412 g/mol. The number of halogens is 2. The minimum absolute atomic E-state index is 0.0573. The van der Waals surface area contributed by atoms with E-state index >= 15 is 0 Å². The Labute approximate surface area is 146 Å². The van der Waals surface area contributed by atoms with Crippen LogP contribution in [0.1, 0.15) is 27.6 Å². The van der Waals surface area contributed by atoms with E-state index in [2.05, 4.69) is 31.9 Å². The monoisotopic (exact) mass is 426 g/mol. The maximum absolute atomic E-state index is 11.4. The molecule has 3 nitrogen and oxygen atoms in total. The van der Waals surface area contributed by atoms with Crippen LogP contribution in [0.15, 0.2) is 59.1 Å². The second-order valence-electron chi connectivity index (χ2n) is 4.32. The number of hydrogen-bond acceptors (Lipinski definition) is 3. The highest BCUT2D eigenvalue weighted by molar-refractivity contribution is 9.10. The van der Waals surface area contributed by atoms with Gasteiger partial charge < -0.3 is 4.74 Å². The van der Waals surface area contributed by atoms with Gasteiger partial charge in [0.2, 0.25) is 5.78 Å². The van der Waals surface area contributed by atoms with Gasteiger partial charge in [-0.3, -0.25) is 9.59 Å². The lowest BCUT2D eigenvalue weighted by Crippen LogP contribution is -2.15. The number of rotatable bonds is 4. The molecule has 0 aliphatic carbocycles. The van der Waals surface area contributed by atoms with Crippen molar-refractivity contribution in [2.24, 2.45) is 0 Å². The predicted molar refractivity (Wildman–Crippen MR) is 94.6 cm³/mol. The molecule has 0 aliphatic rings. The summed E-state index contributed by atoms with van der Waals surface area (Å²) in [7, 11) is 1.49. The van der Waals surface area contributed by atoms with Gasteiger partial charge in [0.05, 0.1) is 0 Å². The van der Waals surface area contributed by atoms with Gasteiger partial charge in [0.15, 0.2) is 10.8 Å². The molecule has 0 aromatic heterocycles. The summed E-state index contributed by atoms with van der Waals surface area (Å²) in [4.78, 5) is 22.2. The first kappa shape index (κ1) is 18.7. The van der Waals surface area contributed by atoms with Crippen molar-refractivity contribution < 1.29 is 14.3 Å². The van der Waals surface area contributed by atoms with Crippen LogP contribution in [0.25, 0.3) is 0 Å². The summed E-state index contributed by atoms with van der Waals surface area (Å²) in [6.07, 6.45) is 0. The highest BCUT2D eigenvalue weighted by Gasteiger charge is 2.14. The summed E-state index contributed by atoms with van der Waals surface area (Å²) < 4.78 is 5.70. The minimum atomic E-state index is -0.542. The average Bonchev–Trinajstić information content (AvgIpc) is 2.55. The van der Waals surface area contributed by atoms with Crippen LogP contribution in [-0.2, 0) is 4.74 Å². The zero-order chi connectivity index (χ0) is 16.5. The summed E-state index contributed by atoms with van der Waals surface area (Å²) in [5.74, 6) is 0.0329. The maximum atomic E-state index is 11.4. The molecule has 0 spiro atoms. The van der Waals surface area contributed by atoms with Gasteiger partial charge in [-0.2, -0.15) is 0 Å². The molecule has 1 atom stereocenters. The molecule has 0 radical (unpaired) electrons. The first-order valence-electron chi connectivity index (χ1n) is 6.49. The lowest BCUT2D eigenvalue weighted by molar-refractivity contribution is 0.0805. The molecule has 0 aliphatic heterocycles. The summed E-state index contributed by atoms with van der Waals surface area (Å²) in [5.41, 5.74) is 1.39. The van der Waals surface area contributed by atoms with Gasteiger partial charge in [-0.1, -0.05) is 64.5 Å². The third kappa shape index (κ3) is 5.83. The van der Waals surface area contributed by atoms with E-state index in [1.165, 1.54) is 7.11 Å². The molecule has 2 rings (SSSR count). The smallest absolute Gasteiger partial charge is 0.202 e. The molecule has 0 bridgehead atoms. The van der Waals surface area contributed by atoms with Crippen LogP contribution in [0.3, 0.4) is 0 Å². The molecule has 5 heteroatoms. The first-order chi connectivity index (χ1) is 10.5. The number of Topliss-reactive ketones (excluding diaryl/α,β-unsaturated/α-hetero) is 2.